The Morgan fingerprint density at radius 3 is 2.54 bits per heavy atom. The maximum absolute atomic E-state index is 12.9. The molecule has 0 aliphatic carbocycles. The lowest BCUT2D eigenvalue weighted by molar-refractivity contribution is -0.159. The molecule has 0 unspecified atom stereocenters. The first-order valence-electron chi connectivity index (χ1n) is 9.11. The topological polar surface area (TPSA) is 65.1 Å². The number of hydrogen-bond donors (Lipinski definition) is 0. The quantitative estimate of drug-likeness (QED) is 0.569. The Labute approximate surface area is 164 Å². The third-order valence-electron chi connectivity index (χ3n) is 4.39. The Hall–Kier alpha value is -3.12. The van der Waals surface area contributed by atoms with Gasteiger partial charge in [-0.2, -0.15) is 0 Å². The fourth-order valence-corrected chi connectivity index (χ4v) is 2.90. The minimum absolute atomic E-state index is 0.238. The Morgan fingerprint density at radius 1 is 1.07 bits per heavy atom. The highest BCUT2D eigenvalue weighted by Crippen LogP contribution is 2.22. The number of amides is 1. The van der Waals surface area contributed by atoms with Crippen molar-refractivity contribution in [2.75, 3.05) is 33.4 Å². The molecule has 1 aliphatic heterocycles. The first kappa shape index (κ1) is 19.6. The lowest BCUT2D eigenvalue weighted by Gasteiger charge is -2.30. The van der Waals surface area contributed by atoms with E-state index in [1.165, 1.54) is 6.08 Å². The number of benzene rings is 2. The van der Waals surface area contributed by atoms with Crippen LogP contribution in [0.3, 0.4) is 0 Å². The third-order valence-corrected chi connectivity index (χ3v) is 4.39. The van der Waals surface area contributed by atoms with Crippen LogP contribution in [0, 0.1) is 0 Å². The van der Waals surface area contributed by atoms with Crippen LogP contribution < -0.4 is 4.74 Å². The average molecular weight is 381 g/mol. The van der Waals surface area contributed by atoms with Gasteiger partial charge in [0.25, 0.3) is 5.91 Å². The van der Waals surface area contributed by atoms with Crippen LogP contribution in [0.4, 0.5) is 0 Å². The molecule has 1 saturated heterocycles. The molecule has 6 nitrogen and oxygen atoms in total. The van der Waals surface area contributed by atoms with Crippen LogP contribution in [0.25, 0.3) is 6.08 Å². The molecule has 0 saturated carbocycles. The van der Waals surface area contributed by atoms with Crippen molar-refractivity contribution in [1.82, 2.24) is 4.90 Å². The predicted molar refractivity (Wildman–Crippen MR) is 105 cm³/mol. The van der Waals surface area contributed by atoms with Gasteiger partial charge in [-0.15, -0.1) is 0 Å². The van der Waals surface area contributed by atoms with Crippen molar-refractivity contribution in [1.29, 1.82) is 0 Å². The van der Waals surface area contributed by atoms with Gasteiger partial charge in [0.1, 0.15) is 5.75 Å². The molecule has 0 radical (unpaired) electrons. The van der Waals surface area contributed by atoms with Crippen molar-refractivity contribution in [3.63, 3.8) is 0 Å². The minimum atomic E-state index is -0.984. The number of ether oxygens (including phenoxy) is 3. The van der Waals surface area contributed by atoms with Crippen LogP contribution in [-0.2, 0) is 19.1 Å². The molecule has 146 valence electrons. The van der Waals surface area contributed by atoms with E-state index in [1.807, 2.05) is 36.4 Å². The molecule has 1 heterocycles. The number of methoxy groups -OCH3 is 1. The molecular weight excluding hydrogens is 358 g/mol. The molecule has 1 amide bonds. The SMILES string of the molecule is COc1cccc(/C=C/C(=O)O[C@H](C(=O)N2CCOCC2)c2ccccc2)c1. The molecule has 0 aromatic heterocycles. The zero-order valence-corrected chi connectivity index (χ0v) is 15.7. The van der Waals surface area contributed by atoms with E-state index in [2.05, 4.69) is 0 Å². The van der Waals surface area contributed by atoms with E-state index < -0.39 is 12.1 Å². The number of nitrogens with zero attached hydrogens (tertiary/aromatic N) is 1. The summed E-state index contributed by atoms with van der Waals surface area (Å²) in [6.45, 7) is 1.94. The molecule has 1 fully saturated rings. The number of esters is 1. The summed E-state index contributed by atoms with van der Waals surface area (Å²) < 4.78 is 16.0. The first-order valence-corrected chi connectivity index (χ1v) is 9.11. The fraction of sp³-hybridized carbons (Fsp3) is 0.273. The molecule has 1 atom stereocenters. The van der Waals surface area contributed by atoms with Gasteiger partial charge in [0.2, 0.25) is 6.10 Å². The summed E-state index contributed by atoms with van der Waals surface area (Å²) in [6, 6.07) is 16.3. The van der Waals surface area contributed by atoms with Gasteiger partial charge in [-0.05, 0) is 23.8 Å². The fourth-order valence-electron chi connectivity index (χ4n) is 2.90. The highest BCUT2D eigenvalue weighted by atomic mass is 16.5. The second-order valence-corrected chi connectivity index (χ2v) is 6.28. The average Bonchev–Trinajstić information content (AvgIpc) is 2.77. The normalized spacial score (nSPS) is 15.2. The molecule has 1 aliphatic rings. The highest BCUT2D eigenvalue weighted by Gasteiger charge is 2.29. The Bertz CT molecular complexity index is 828. The van der Waals surface area contributed by atoms with E-state index in [4.69, 9.17) is 14.2 Å². The summed E-state index contributed by atoms with van der Waals surface area (Å²) in [5, 5.41) is 0. The van der Waals surface area contributed by atoms with Crippen LogP contribution in [0.2, 0.25) is 0 Å². The zero-order valence-electron chi connectivity index (χ0n) is 15.7. The molecule has 3 rings (SSSR count). The third kappa shape index (κ3) is 5.20. The summed E-state index contributed by atoms with van der Waals surface area (Å²) >= 11 is 0. The predicted octanol–water partition coefficient (Wildman–Crippen LogP) is 2.85. The van der Waals surface area contributed by atoms with Crippen molar-refractivity contribution in [2.24, 2.45) is 0 Å². The van der Waals surface area contributed by atoms with E-state index in [1.54, 1.807) is 36.3 Å². The lowest BCUT2D eigenvalue weighted by Crippen LogP contribution is -2.44. The number of carbonyl (C=O) groups is 2. The molecule has 2 aromatic carbocycles. The van der Waals surface area contributed by atoms with Gasteiger partial charge < -0.3 is 19.1 Å². The number of carbonyl (C=O) groups excluding carboxylic acids is 2. The highest BCUT2D eigenvalue weighted by molar-refractivity contribution is 5.91. The van der Waals surface area contributed by atoms with Crippen LogP contribution in [-0.4, -0.2) is 50.2 Å². The Balaban J connectivity index is 1.73. The summed E-state index contributed by atoms with van der Waals surface area (Å²) in [7, 11) is 1.58. The molecule has 28 heavy (non-hydrogen) atoms. The van der Waals surface area contributed by atoms with Crippen molar-refractivity contribution in [3.8, 4) is 5.75 Å². The van der Waals surface area contributed by atoms with Gasteiger partial charge in [0.05, 0.1) is 20.3 Å². The number of rotatable bonds is 6. The van der Waals surface area contributed by atoms with Crippen LogP contribution in [0.5, 0.6) is 5.75 Å². The van der Waals surface area contributed by atoms with E-state index in [-0.39, 0.29) is 5.91 Å². The van der Waals surface area contributed by atoms with Crippen LogP contribution >= 0.6 is 0 Å². The van der Waals surface area contributed by atoms with Crippen molar-refractivity contribution >= 4 is 18.0 Å². The summed E-state index contributed by atoms with van der Waals surface area (Å²) in [5.74, 6) is -0.129. The van der Waals surface area contributed by atoms with Gasteiger partial charge in [-0.3, -0.25) is 4.79 Å². The van der Waals surface area contributed by atoms with Gasteiger partial charge in [-0.25, -0.2) is 4.79 Å². The number of morpholine rings is 1. The van der Waals surface area contributed by atoms with E-state index in [9.17, 15) is 9.59 Å². The largest absolute Gasteiger partial charge is 0.497 e. The minimum Gasteiger partial charge on any atom is -0.497 e. The van der Waals surface area contributed by atoms with Crippen molar-refractivity contribution in [3.05, 3.63) is 71.8 Å². The smallest absolute Gasteiger partial charge is 0.331 e. The van der Waals surface area contributed by atoms with Crippen molar-refractivity contribution in [2.45, 2.75) is 6.10 Å². The standard InChI is InChI=1S/C22H23NO5/c1-26-19-9-5-6-17(16-19)10-11-20(24)28-21(18-7-3-2-4-8-18)22(25)23-12-14-27-15-13-23/h2-11,16,21H,12-15H2,1H3/b11-10+/t21-/m0/s1. The van der Waals surface area contributed by atoms with E-state index >= 15 is 0 Å². The number of hydrogen-bond acceptors (Lipinski definition) is 5. The Morgan fingerprint density at radius 2 is 1.82 bits per heavy atom. The van der Waals surface area contributed by atoms with Crippen LogP contribution in [0.1, 0.15) is 17.2 Å². The summed E-state index contributed by atoms with van der Waals surface area (Å²) in [6.07, 6.45) is 1.96. The lowest BCUT2D eigenvalue weighted by atomic mass is 10.1. The molecular formula is C22H23NO5. The van der Waals surface area contributed by atoms with E-state index in [0.29, 0.717) is 37.6 Å². The van der Waals surface area contributed by atoms with Gasteiger partial charge >= 0.3 is 5.97 Å². The second-order valence-electron chi connectivity index (χ2n) is 6.28. The maximum atomic E-state index is 12.9. The first-order chi connectivity index (χ1) is 13.7. The molecule has 6 heteroatoms. The van der Waals surface area contributed by atoms with Gasteiger partial charge in [-0.1, -0.05) is 42.5 Å². The van der Waals surface area contributed by atoms with Crippen molar-refractivity contribution < 1.29 is 23.8 Å². The molecule has 0 bridgehead atoms. The van der Waals surface area contributed by atoms with Gasteiger partial charge in [0.15, 0.2) is 0 Å². The molecule has 0 N–H and O–H groups in total. The van der Waals surface area contributed by atoms with Crippen LogP contribution in [0.15, 0.2) is 60.7 Å². The molecule has 2 aromatic rings. The monoisotopic (exact) mass is 381 g/mol. The maximum Gasteiger partial charge on any atom is 0.331 e. The van der Waals surface area contributed by atoms with E-state index in [0.717, 1.165) is 5.56 Å². The Kier molecular flexibility index (Phi) is 6.81. The zero-order chi connectivity index (χ0) is 19.8. The molecule has 0 spiro atoms. The summed E-state index contributed by atoms with van der Waals surface area (Å²) in [4.78, 5) is 27.0. The summed E-state index contributed by atoms with van der Waals surface area (Å²) in [5.41, 5.74) is 1.44. The van der Waals surface area contributed by atoms with Gasteiger partial charge in [0, 0.05) is 24.7 Å². The second kappa shape index (κ2) is 9.71.